The standard InChI is InChI=1S/C8H12F2N4/c1-4-2-5(8(11)13-3-4)6(14-12)7(9)10/h2-3,6-7,14H,12H2,1H3,(H2,11,13). The summed E-state index contributed by atoms with van der Waals surface area (Å²) in [5.41, 5.74) is 8.46. The van der Waals surface area contributed by atoms with Gasteiger partial charge in [-0.3, -0.25) is 5.84 Å². The Morgan fingerprint density at radius 3 is 2.64 bits per heavy atom. The lowest BCUT2D eigenvalue weighted by molar-refractivity contribution is 0.0988. The zero-order valence-electron chi connectivity index (χ0n) is 7.67. The minimum atomic E-state index is -2.62. The molecule has 0 bridgehead atoms. The van der Waals surface area contributed by atoms with Gasteiger partial charge in [0.25, 0.3) is 6.43 Å². The second-order valence-electron chi connectivity index (χ2n) is 2.97. The van der Waals surface area contributed by atoms with Gasteiger partial charge in [-0.25, -0.2) is 19.2 Å². The predicted octanol–water partition coefficient (Wildman–Crippen LogP) is 0.742. The molecule has 0 amide bonds. The third kappa shape index (κ3) is 2.15. The van der Waals surface area contributed by atoms with Crippen LogP contribution in [0.5, 0.6) is 0 Å². The molecule has 0 aliphatic heterocycles. The number of anilines is 1. The molecule has 0 fully saturated rings. The molecule has 4 nitrogen and oxygen atoms in total. The van der Waals surface area contributed by atoms with E-state index in [9.17, 15) is 8.78 Å². The molecule has 6 heteroatoms. The van der Waals surface area contributed by atoms with Gasteiger partial charge < -0.3 is 5.73 Å². The molecule has 0 aliphatic carbocycles. The lowest BCUT2D eigenvalue weighted by Gasteiger charge is -2.16. The van der Waals surface area contributed by atoms with Gasteiger partial charge in [0.1, 0.15) is 11.9 Å². The van der Waals surface area contributed by atoms with Crippen LogP contribution in [0.25, 0.3) is 0 Å². The topological polar surface area (TPSA) is 77.0 Å². The molecule has 14 heavy (non-hydrogen) atoms. The van der Waals surface area contributed by atoms with Crippen LogP contribution in [-0.4, -0.2) is 11.4 Å². The fourth-order valence-electron chi connectivity index (χ4n) is 1.15. The van der Waals surface area contributed by atoms with E-state index in [4.69, 9.17) is 11.6 Å². The molecule has 0 saturated heterocycles. The molecule has 1 atom stereocenters. The van der Waals surface area contributed by atoms with Gasteiger partial charge in [0.05, 0.1) is 0 Å². The fraction of sp³-hybridized carbons (Fsp3) is 0.375. The Balaban J connectivity index is 3.08. The SMILES string of the molecule is Cc1cnc(N)c(C(NN)C(F)F)c1. The molecule has 0 saturated carbocycles. The minimum Gasteiger partial charge on any atom is -0.383 e. The molecule has 1 aromatic heterocycles. The highest BCUT2D eigenvalue weighted by molar-refractivity contribution is 5.43. The summed E-state index contributed by atoms with van der Waals surface area (Å²) in [5.74, 6) is 5.08. The Hall–Kier alpha value is -1.27. The molecular formula is C8H12F2N4. The lowest BCUT2D eigenvalue weighted by atomic mass is 10.1. The van der Waals surface area contributed by atoms with Crippen molar-refractivity contribution in [3.05, 3.63) is 23.4 Å². The van der Waals surface area contributed by atoms with E-state index in [1.807, 2.05) is 5.43 Å². The number of nitrogens with one attached hydrogen (secondary N) is 1. The summed E-state index contributed by atoms with van der Waals surface area (Å²) in [6.07, 6.45) is -1.11. The van der Waals surface area contributed by atoms with Crippen LogP contribution in [0.15, 0.2) is 12.3 Å². The number of pyridine rings is 1. The Bertz CT molecular complexity index is 316. The third-order valence-corrected chi connectivity index (χ3v) is 1.85. The summed E-state index contributed by atoms with van der Waals surface area (Å²) < 4.78 is 24.9. The maximum atomic E-state index is 12.5. The van der Waals surface area contributed by atoms with E-state index >= 15 is 0 Å². The monoisotopic (exact) mass is 202 g/mol. The molecule has 0 radical (unpaired) electrons. The summed E-state index contributed by atoms with van der Waals surface area (Å²) in [5, 5.41) is 0. The number of hydrazine groups is 1. The number of alkyl halides is 2. The third-order valence-electron chi connectivity index (χ3n) is 1.85. The van der Waals surface area contributed by atoms with Crippen LogP contribution >= 0.6 is 0 Å². The van der Waals surface area contributed by atoms with E-state index in [1.165, 1.54) is 6.20 Å². The first-order valence-electron chi connectivity index (χ1n) is 4.02. The molecule has 5 N–H and O–H groups in total. The van der Waals surface area contributed by atoms with E-state index < -0.39 is 12.5 Å². The Morgan fingerprint density at radius 2 is 2.14 bits per heavy atom. The Morgan fingerprint density at radius 1 is 1.50 bits per heavy atom. The molecule has 0 aromatic carbocycles. The smallest absolute Gasteiger partial charge is 0.259 e. The highest BCUT2D eigenvalue weighted by Gasteiger charge is 2.23. The van der Waals surface area contributed by atoms with Crippen LogP contribution in [-0.2, 0) is 0 Å². The van der Waals surface area contributed by atoms with Gasteiger partial charge in [0.2, 0.25) is 0 Å². The van der Waals surface area contributed by atoms with Crippen molar-refractivity contribution in [3.63, 3.8) is 0 Å². The summed E-state index contributed by atoms with van der Waals surface area (Å²) in [4.78, 5) is 3.78. The number of rotatable bonds is 3. The number of nitrogens with two attached hydrogens (primary N) is 2. The van der Waals surface area contributed by atoms with Crippen molar-refractivity contribution >= 4 is 5.82 Å². The van der Waals surface area contributed by atoms with Gasteiger partial charge in [-0.05, 0) is 18.6 Å². The summed E-state index contributed by atoms with van der Waals surface area (Å²) in [7, 11) is 0. The van der Waals surface area contributed by atoms with Gasteiger partial charge in [0.15, 0.2) is 0 Å². The van der Waals surface area contributed by atoms with Gasteiger partial charge >= 0.3 is 0 Å². The highest BCUT2D eigenvalue weighted by atomic mass is 19.3. The average molecular weight is 202 g/mol. The molecule has 0 aliphatic rings. The molecule has 1 unspecified atom stereocenters. The van der Waals surface area contributed by atoms with Gasteiger partial charge in [-0.15, -0.1) is 0 Å². The number of hydrogen-bond donors (Lipinski definition) is 3. The van der Waals surface area contributed by atoms with Gasteiger partial charge in [0, 0.05) is 11.8 Å². The molecule has 1 heterocycles. The van der Waals surface area contributed by atoms with E-state index in [0.717, 1.165) is 5.56 Å². The van der Waals surface area contributed by atoms with E-state index in [0.29, 0.717) is 0 Å². The molecule has 1 aromatic rings. The van der Waals surface area contributed by atoms with Crippen LogP contribution in [0.2, 0.25) is 0 Å². The summed E-state index contributed by atoms with van der Waals surface area (Å²) in [6, 6.07) is 0.265. The second-order valence-corrected chi connectivity index (χ2v) is 2.97. The fourth-order valence-corrected chi connectivity index (χ4v) is 1.15. The first-order chi connectivity index (χ1) is 6.56. The van der Waals surface area contributed by atoms with Crippen LogP contribution in [0, 0.1) is 6.92 Å². The van der Waals surface area contributed by atoms with Crippen molar-refractivity contribution in [3.8, 4) is 0 Å². The number of nitrogen functional groups attached to an aromatic ring is 1. The van der Waals surface area contributed by atoms with E-state index in [-0.39, 0.29) is 11.4 Å². The number of nitrogens with zero attached hydrogens (tertiary/aromatic N) is 1. The highest BCUT2D eigenvalue weighted by Crippen LogP contribution is 2.24. The first kappa shape index (κ1) is 10.8. The number of halogens is 2. The van der Waals surface area contributed by atoms with E-state index in [1.54, 1.807) is 13.0 Å². The Kier molecular flexibility index (Phi) is 3.32. The van der Waals surface area contributed by atoms with Crippen LogP contribution in [0.3, 0.4) is 0 Å². The van der Waals surface area contributed by atoms with Crippen molar-refractivity contribution in [2.45, 2.75) is 19.4 Å². The minimum absolute atomic E-state index is 0.0684. The maximum absolute atomic E-state index is 12.5. The van der Waals surface area contributed by atoms with Crippen LogP contribution < -0.4 is 17.0 Å². The van der Waals surface area contributed by atoms with Crippen LogP contribution in [0.1, 0.15) is 17.2 Å². The average Bonchev–Trinajstić information content (AvgIpc) is 2.11. The second kappa shape index (κ2) is 4.30. The van der Waals surface area contributed by atoms with Crippen molar-refractivity contribution in [1.29, 1.82) is 0 Å². The molecule has 1 rings (SSSR count). The normalized spacial score (nSPS) is 13.2. The van der Waals surface area contributed by atoms with E-state index in [2.05, 4.69) is 4.98 Å². The summed E-state index contributed by atoms with van der Waals surface area (Å²) in [6.45, 7) is 1.75. The Labute approximate surface area is 80.3 Å². The number of aryl methyl sites for hydroxylation is 1. The predicted molar refractivity (Wildman–Crippen MR) is 49.5 cm³/mol. The van der Waals surface area contributed by atoms with Crippen molar-refractivity contribution < 1.29 is 8.78 Å². The zero-order chi connectivity index (χ0) is 10.7. The van der Waals surface area contributed by atoms with Crippen molar-refractivity contribution in [1.82, 2.24) is 10.4 Å². The summed E-state index contributed by atoms with van der Waals surface area (Å²) >= 11 is 0. The zero-order valence-corrected chi connectivity index (χ0v) is 7.67. The van der Waals surface area contributed by atoms with Crippen molar-refractivity contribution in [2.75, 3.05) is 5.73 Å². The maximum Gasteiger partial charge on any atom is 0.259 e. The van der Waals surface area contributed by atoms with Crippen molar-refractivity contribution in [2.24, 2.45) is 5.84 Å². The first-order valence-corrected chi connectivity index (χ1v) is 4.02. The quantitative estimate of drug-likeness (QED) is 0.499. The molecule has 78 valence electrons. The largest absolute Gasteiger partial charge is 0.383 e. The molecule has 0 spiro atoms. The van der Waals surface area contributed by atoms with Gasteiger partial charge in [-0.1, -0.05) is 0 Å². The number of hydrogen-bond acceptors (Lipinski definition) is 4. The van der Waals surface area contributed by atoms with Gasteiger partial charge in [-0.2, -0.15) is 0 Å². The van der Waals surface area contributed by atoms with Crippen LogP contribution in [0.4, 0.5) is 14.6 Å². The lowest BCUT2D eigenvalue weighted by Crippen LogP contribution is -2.33. The molecular weight excluding hydrogens is 190 g/mol. The number of aromatic nitrogens is 1.